The fraction of sp³-hybridized carbons (Fsp3) is 0.200. The molecule has 2 amide bonds. The SMILES string of the molecule is CC1=C(C(=O)OCCc2ccccc2)[C@@H](c2ccc(Br)cc2)NC(=O)N1. The Balaban J connectivity index is 1.75. The molecule has 0 unspecified atom stereocenters. The van der Waals surface area contributed by atoms with Gasteiger partial charge in [0.15, 0.2) is 0 Å². The van der Waals surface area contributed by atoms with Gasteiger partial charge in [-0.2, -0.15) is 0 Å². The Morgan fingerprint density at radius 1 is 1.12 bits per heavy atom. The molecule has 3 rings (SSSR count). The van der Waals surface area contributed by atoms with Gasteiger partial charge in [-0.25, -0.2) is 9.59 Å². The molecule has 1 heterocycles. The van der Waals surface area contributed by atoms with Crippen LogP contribution in [0, 0.1) is 0 Å². The number of nitrogens with one attached hydrogen (secondary N) is 2. The third kappa shape index (κ3) is 4.32. The Morgan fingerprint density at radius 3 is 2.50 bits per heavy atom. The van der Waals surface area contributed by atoms with Crippen molar-refractivity contribution in [2.75, 3.05) is 6.61 Å². The molecule has 2 N–H and O–H groups in total. The lowest BCUT2D eigenvalue weighted by Gasteiger charge is -2.28. The molecule has 0 aliphatic carbocycles. The average molecular weight is 415 g/mol. The number of allylic oxidation sites excluding steroid dienone is 1. The van der Waals surface area contributed by atoms with Crippen LogP contribution in [0.25, 0.3) is 0 Å². The fourth-order valence-electron chi connectivity index (χ4n) is 2.85. The van der Waals surface area contributed by atoms with Gasteiger partial charge in [-0.1, -0.05) is 58.4 Å². The summed E-state index contributed by atoms with van der Waals surface area (Å²) in [6, 6.07) is 16.4. The van der Waals surface area contributed by atoms with Crippen molar-refractivity contribution in [2.24, 2.45) is 0 Å². The van der Waals surface area contributed by atoms with E-state index in [1.165, 1.54) is 0 Å². The Hall–Kier alpha value is -2.60. The second-order valence-electron chi connectivity index (χ2n) is 5.99. The lowest BCUT2D eigenvalue weighted by molar-refractivity contribution is -0.139. The van der Waals surface area contributed by atoms with E-state index in [0.29, 0.717) is 17.7 Å². The van der Waals surface area contributed by atoms with E-state index in [9.17, 15) is 9.59 Å². The van der Waals surface area contributed by atoms with Crippen LogP contribution in [0.1, 0.15) is 24.1 Å². The molecule has 0 fully saturated rings. The van der Waals surface area contributed by atoms with Crippen molar-refractivity contribution in [1.29, 1.82) is 0 Å². The molecule has 6 heteroatoms. The van der Waals surface area contributed by atoms with E-state index in [-0.39, 0.29) is 12.6 Å². The van der Waals surface area contributed by atoms with E-state index in [0.717, 1.165) is 15.6 Å². The number of carbonyl (C=O) groups excluding carboxylic acids is 2. The lowest BCUT2D eigenvalue weighted by atomic mass is 9.96. The van der Waals surface area contributed by atoms with Crippen LogP contribution in [0.4, 0.5) is 4.79 Å². The zero-order valence-corrected chi connectivity index (χ0v) is 15.9. The van der Waals surface area contributed by atoms with Crippen molar-refractivity contribution in [3.63, 3.8) is 0 Å². The van der Waals surface area contributed by atoms with E-state index >= 15 is 0 Å². The quantitative estimate of drug-likeness (QED) is 0.729. The summed E-state index contributed by atoms with van der Waals surface area (Å²) in [6.07, 6.45) is 0.641. The summed E-state index contributed by atoms with van der Waals surface area (Å²) in [6.45, 7) is 1.99. The maximum atomic E-state index is 12.7. The summed E-state index contributed by atoms with van der Waals surface area (Å²) in [5, 5.41) is 5.45. The molecule has 0 aromatic heterocycles. The summed E-state index contributed by atoms with van der Waals surface area (Å²) >= 11 is 3.39. The van der Waals surface area contributed by atoms with E-state index in [1.807, 2.05) is 54.6 Å². The first kappa shape index (κ1) is 18.2. The third-order valence-corrected chi connectivity index (χ3v) is 4.69. The molecule has 1 aliphatic heterocycles. The van der Waals surface area contributed by atoms with Gasteiger partial charge in [-0.15, -0.1) is 0 Å². The van der Waals surface area contributed by atoms with Crippen LogP contribution in [-0.4, -0.2) is 18.6 Å². The predicted octanol–water partition coefficient (Wildman–Crippen LogP) is 3.86. The fourth-order valence-corrected chi connectivity index (χ4v) is 3.12. The van der Waals surface area contributed by atoms with Gasteiger partial charge in [0, 0.05) is 16.6 Å². The Bertz CT molecular complexity index is 832. The number of amides is 2. The van der Waals surface area contributed by atoms with Gasteiger partial charge in [-0.05, 0) is 30.2 Å². The Kier molecular flexibility index (Phi) is 5.73. The number of ether oxygens (including phenoxy) is 1. The molecule has 0 saturated carbocycles. The average Bonchev–Trinajstić information content (AvgIpc) is 2.62. The minimum Gasteiger partial charge on any atom is -0.462 e. The third-order valence-electron chi connectivity index (χ3n) is 4.16. The number of hydrogen-bond donors (Lipinski definition) is 2. The molecule has 1 atom stereocenters. The molecule has 134 valence electrons. The van der Waals surface area contributed by atoms with Crippen LogP contribution in [0.5, 0.6) is 0 Å². The number of halogens is 1. The predicted molar refractivity (Wildman–Crippen MR) is 102 cm³/mol. The van der Waals surface area contributed by atoms with Crippen LogP contribution in [0.3, 0.4) is 0 Å². The highest BCUT2D eigenvalue weighted by Gasteiger charge is 2.32. The summed E-state index contributed by atoms with van der Waals surface area (Å²) in [4.78, 5) is 24.5. The smallest absolute Gasteiger partial charge is 0.338 e. The van der Waals surface area contributed by atoms with Gasteiger partial charge >= 0.3 is 12.0 Å². The molecule has 2 aromatic rings. The molecular formula is C20H19BrN2O3. The number of hydrogen-bond acceptors (Lipinski definition) is 3. The molecule has 26 heavy (non-hydrogen) atoms. The topological polar surface area (TPSA) is 67.4 Å². The van der Waals surface area contributed by atoms with Crippen LogP contribution >= 0.6 is 15.9 Å². The molecule has 0 spiro atoms. The van der Waals surface area contributed by atoms with Crippen LogP contribution in [0.15, 0.2) is 70.3 Å². The lowest BCUT2D eigenvalue weighted by Crippen LogP contribution is -2.45. The van der Waals surface area contributed by atoms with Crippen molar-refractivity contribution in [2.45, 2.75) is 19.4 Å². The normalized spacial score (nSPS) is 16.7. The highest BCUT2D eigenvalue weighted by molar-refractivity contribution is 9.10. The molecule has 0 saturated heterocycles. The van der Waals surface area contributed by atoms with Crippen molar-refractivity contribution in [3.8, 4) is 0 Å². The van der Waals surface area contributed by atoms with Crippen LogP contribution in [0.2, 0.25) is 0 Å². The van der Waals surface area contributed by atoms with Crippen LogP contribution < -0.4 is 10.6 Å². The number of benzene rings is 2. The van der Waals surface area contributed by atoms with E-state index < -0.39 is 12.0 Å². The van der Waals surface area contributed by atoms with Crippen molar-refractivity contribution in [1.82, 2.24) is 10.6 Å². The zero-order chi connectivity index (χ0) is 18.5. The highest BCUT2D eigenvalue weighted by atomic mass is 79.9. The van der Waals surface area contributed by atoms with E-state index in [2.05, 4.69) is 26.6 Å². The number of esters is 1. The van der Waals surface area contributed by atoms with Gasteiger partial charge in [0.1, 0.15) is 0 Å². The zero-order valence-electron chi connectivity index (χ0n) is 14.3. The van der Waals surface area contributed by atoms with Gasteiger partial charge in [0.05, 0.1) is 18.2 Å². The Labute approximate surface area is 160 Å². The molecule has 5 nitrogen and oxygen atoms in total. The van der Waals surface area contributed by atoms with Gasteiger partial charge < -0.3 is 15.4 Å². The number of urea groups is 1. The van der Waals surface area contributed by atoms with E-state index in [4.69, 9.17) is 4.74 Å². The maximum Gasteiger partial charge on any atom is 0.338 e. The molecule has 2 aromatic carbocycles. The van der Waals surface area contributed by atoms with Crippen molar-refractivity contribution >= 4 is 27.9 Å². The second-order valence-corrected chi connectivity index (χ2v) is 6.91. The highest BCUT2D eigenvalue weighted by Crippen LogP contribution is 2.28. The van der Waals surface area contributed by atoms with Gasteiger partial charge in [0.2, 0.25) is 0 Å². The minimum absolute atomic E-state index is 0.278. The van der Waals surface area contributed by atoms with Crippen molar-refractivity contribution in [3.05, 3.63) is 81.5 Å². The molecule has 0 radical (unpaired) electrons. The largest absolute Gasteiger partial charge is 0.462 e. The summed E-state index contributed by atoms with van der Waals surface area (Å²) in [5.74, 6) is -0.432. The van der Waals surface area contributed by atoms with Crippen molar-refractivity contribution < 1.29 is 14.3 Å². The van der Waals surface area contributed by atoms with Crippen LogP contribution in [-0.2, 0) is 16.0 Å². The molecule has 1 aliphatic rings. The first-order valence-corrected chi connectivity index (χ1v) is 9.08. The molecular weight excluding hydrogens is 396 g/mol. The maximum absolute atomic E-state index is 12.7. The van der Waals surface area contributed by atoms with Gasteiger partial charge in [-0.3, -0.25) is 0 Å². The standard InChI is InChI=1S/C20H19BrN2O3/c1-13-17(19(24)26-12-11-14-5-3-2-4-6-14)18(23-20(25)22-13)15-7-9-16(21)10-8-15/h2-10,18H,11-12H2,1H3,(H2,22,23,25)/t18-/m1/s1. The monoisotopic (exact) mass is 414 g/mol. The minimum atomic E-state index is -0.541. The Morgan fingerprint density at radius 2 is 1.81 bits per heavy atom. The summed E-state index contributed by atoms with van der Waals surface area (Å²) in [7, 11) is 0. The summed E-state index contributed by atoms with van der Waals surface area (Å²) in [5.41, 5.74) is 2.84. The number of carbonyl (C=O) groups is 2. The number of rotatable bonds is 5. The van der Waals surface area contributed by atoms with E-state index in [1.54, 1.807) is 6.92 Å². The first-order chi connectivity index (χ1) is 12.5. The molecule has 0 bridgehead atoms. The first-order valence-electron chi connectivity index (χ1n) is 8.29. The van der Waals surface area contributed by atoms with Gasteiger partial charge in [0.25, 0.3) is 0 Å². The second kappa shape index (κ2) is 8.19. The summed E-state index contributed by atoms with van der Waals surface area (Å²) < 4.78 is 6.39.